The minimum Gasteiger partial charge on any atom is -0.508 e. The van der Waals surface area contributed by atoms with Gasteiger partial charge in [0.1, 0.15) is 11.5 Å². The van der Waals surface area contributed by atoms with E-state index < -0.39 is 5.97 Å². The number of hydrogen-bond acceptors (Lipinski definition) is 16. The van der Waals surface area contributed by atoms with Gasteiger partial charge in [0, 0.05) is 26.2 Å². The third-order valence-electron chi connectivity index (χ3n) is 6.82. The lowest BCUT2D eigenvalue weighted by atomic mass is 10.1. The van der Waals surface area contributed by atoms with E-state index in [9.17, 15) is 15.0 Å². The Hall–Kier alpha value is -6.45. The third kappa shape index (κ3) is 9.77. The molecule has 0 atom stereocenters. The minimum atomic E-state index is -0.501. The summed E-state index contributed by atoms with van der Waals surface area (Å²) in [6.07, 6.45) is 1.36. The smallest absolute Gasteiger partial charge is 0.339 e. The van der Waals surface area contributed by atoms with Crippen molar-refractivity contribution in [2.24, 2.45) is 0 Å². The standard InChI is InChI=1S/C32H36N12O4/c1-48-26(47)24-4-2-3-5-25(24)38-32-43-30(35-17-15-21-8-12-23(46)13-9-21)42-31(44-32)37-19-18-36-29-40-27(33)39-28(41-29)34-16-14-20-6-10-22(45)11-7-20/h2-13,45-46H,14-19H2,1H3,(H4,33,34,36,39,40,41)(H3,35,37,38,42,43,44). The summed E-state index contributed by atoms with van der Waals surface area (Å²) in [7, 11) is 1.32. The minimum absolute atomic E-state index is 0.0658. The summed E-state index contributed by atoms with van der Waals surface area (Å²) in [4.78, 5) is 38.5. The molecule has 2 aromatic heterocycles. The molecule has 0 radical (unpaired) electrons. The summed E-state index contributed by atoms with van der Waals surface area (Å²) in [5.41, 5.74) is 8.78. The quantitative estimate of drug-likeness (QED) is 0.0564. The van der Waals surface area contributed by atoms with E-state index in [2.05, 4.69) is 56.5 Å². The van der Waals surface area contributed by atoms with Gasteiger partial charge in [-0.05, 0) is 60.4 Å². The summed E-state index contributed by atoms with van der Waals surface area (Å²) in [5, 5.41) is 34.7. The highest BCUT2D eigenvalue weighted by molar-refractivity contribution is 5.96. The number of ether oxygens (including phenoxy) is 1. The number of aromatic hydroxyl groups is 2. The number of nitrogens with zero attached hydrogens (tertiary/aromatic N) is 6. The molecule has 0 bridgehead atoms. The van der Waals surface area contributed by atoms with Gasteiger partial charge < -0.3 is 47.3 Å². The average molecular weight is 653 g/mol. The molecule has 0 spiro atoms. The van der Waals surface area contributed by atoms with Gasteiger partial charge >= 0.3 is 5.97 Å². The van der Waals surface area contributed by atoms with Crippen LogP contribution in [0.25, 0.3) is 0 Å². The van der Waals surface area contributed by atoms with Gasteiger partial charge in [0.2, 0.25) is 35.7 Å². The van der Waals surface area contributed by atoms with Gasteiger partial charge in [-0.3, -0.25) is 0 Å². The Balaban J connectivity index is 1.21. The molecule has 0 saturated heterocycles. The van der Waals surface area contributed by atoms with Crippen LogP contribution in [0.5, 0.6) is 11.5 Å². The first kappa shape index (κ1) is 32.9. The maximum absolute atomic E-state index is 12.3. The second-order valence-corrected chi connectivity index (χ2v) is 10.3. The number of carbonyl (C=O) groups excluding carboxylic acids is 1. The number of esters is 1. The molecule has 0 amide bonds. The molecule has 5 rings (SSSR count). The predicted molar refractivity (Wildman–Crippen MR) is 183 cm³/mol. The third-order valence-corrected chi connectivity index (χ3v) is 6.82. The normalized spacial score (nSPS) is 10.6. The van der Waals surface area contributed by atoms with Crippen LogP contribution in [0.3, 0.4) is 0 Å². The van der Waals surface area contributed by atoms with Crippen molar-refractivity contribution < 1.29 is 19.7 Å². The summed E-state index contributed by atoms with van der Waals surface area (Å²) < 4.78 is 4.91. The summed E-state index contributed by atoms with van der Waals surface area (Å²) >= 11 is 0. The Bertz CT molecular complexity index is 1810. The predicted octanol–water partition coefficient (Wildman–Crippen LogP) is 3.41. The highest BCUT2D eigenvalue weighted by atomic mass is 16.5. The van der Waals surface area contributed by atoms with Crippen molar-refractivity contribution in [1.29, 1.82) is 0 Å². The fourth-order valence-corrected chi connectivity index (χ4v) is 4.45. The van der Waals surface area contributed by atoms with Crippen molar-refractivity contribution in [3.8, 4) is 11.5 Å². The number of phenolic OH excluding ortho intramolecular Hbond substituents is 2. The number of anilines is 7. The monoisotopic (exact) mass is 652 g/mol. The SMILES string of the molecule is COC(=O)c1ccccc1Nc1nc(NCCNc2nc(N)nc(NCCc3ccc(O)cc3)n2)nc(NCCc2ccc(O)cc2)n1. The number of rotatable bonds is 16. The first-order valence-electron chi connectivity index (χ1n) is 15.1. The Morgan fingerprint density at radius 1 is 0.625 bits per heavy atom. The van der Waals surface area contributed by atoms with Crippen molar-refractivity contribution in [2.45, 2.75) is 12.8 Å². The van der Waals surface area contributed by atoms with Gasteiger partial charge in [-0.1, -0.05) is 36.4 Å². The Labute approximate surface area is 276 Å². The number of phenols is 2. The van der Waals surface area contributed by atoms with Crippen molar-refractivity contribution in [2.75, 3.05) is 65.6 Å². The lowest BCUT2D eigenvalue weighted by molar-refractivity contribution is 0.0602. The molecule has 2 heterocycles. The van der Waals surface area contributed by atoms with Crippen LogP contribution in [0.4, 0.5) is 41.4 Å². The van der Waals surface area contributed by atoms with Crippen molar-refractivity contribution in [3.63, 3.8) is 0 Å². The number of carbonyl (C=O) groups is 1. The van der Waals surface area contributed by atoms with Gasteiger partial charge in [0.05, 0.1) is 18.4 Å². The molecule has 16 nitrogen and oxygen atoms in total. The highest BCUT2D eigenvalue weighted by Gasteiger charge is 2.14. The molecule has 3 aromatic carbocycles. The number of aromatic nitrogens is 6. The summed E-state index contributed by atoms with van der Waals surface area (Å²) in [6, 6.07) is 20.8. The molecule has 248 valence electrons. The number of nitrogen functional groups attached to an aromatic ring is 1. The Morgan fingerprint density at radius 3 is 1.56 bits per heavy atom. The Morgan fingerprint density at radius 2 is 1.06 bits per heavy atom. The second-order valence-electron chi connectivity index (χ2n) is 10.3. The van der Waals surface area contributed by atoms with Crippen LogP contribution >= 0.6 is 0 Å². The van der Waals surface area contributed by atoms with Crippen LogP contribution in [-0.4, -0.2) is 79.4 Å². The van der Waals surface area contributed by atoms with E-state index in [0.717, 1.165) is 11.1 Å². The summed E-state index contributed by atoms with van der Waals surface area (Å²) in [5.74, 6) is 1.41. The van der Waals surface area contributed by atoms with Crippen LogP contribution in [0, 0.1) is 0 Å². The Kier molecular flexibility index (Phi) is 11.1. The van der Waals surface area contributed by atoms with E-state index in [-0.39, 0.29) is 29.3 Å². The van der Waals surface area contributed by atoms with Crippen LogP contribution in [0.1, 0.15) is 21.5 Å². The first-order chi connectivity index (χ1) is 23.3. The van der Waals surface area contributed by atoms with Gasteiger partial charge in [-0.2, -0.15) is 29.9 Å². The molecule has 0 unspecified atom stereocenters. The number of para-hydroxylation sites is 1. The summed E-state index contributed by atoms with van der Waals surface area (Å²) in [6.45, 7) is 1.84. The van der Waals surface area contributed by atoms with Gasteiger partial charge in [0.15, 0.2) is 0 Å². The maximum Gasteiger partial charge on any atom is 0.339 e. The fraction of sp³-hybridized carbons (Fsp3) is 0.219. The zero-order valence-electron chi connectivity index (χ0n) is 26.1. The molecular weight excluding hydrogens is 616 g/mol. The lowest BCUT2D eigenvalue weighted by Gasteiger charge is -2.13. The molecule has 0 aliphatic carbocycles. The van der Waals surface area contributed by atoms with Crippen LogP contribution < -0.4 is 32.3 Å². The van der Waals surface area contributed by atoms with Crippen LogP contribution in [-0.2, 0) is 17.6 Å². The largest absolute Gasteiger partial charge is 0.508 e. The van der Waals surface area contributed by atoms with Gasteiger partial charge in [0.25, 0.3) is 0 Å². The topological polar surface area (TPSA) is 230 Å². The van der Waals surface area contributed by atoms with E-state index in [1.807, 2.05) is 24.3 Å². The van der Waals surface area contributed by atoms with E-state index in [4.69, 9.17) is 10.5 Å². The van der Waals surface area contributed by atoms with Crippen molar-refractivity contribution in [1.82, 2.24) is 29.9 Å². The average Bonchev–Trinajstić information content (AvgIpc) is 3.08. The number of nitrogens with two attached hydrogens (primary N) is 1. The second kappa shape index (κ2) is 16.2. The van der Waals surface area contributed by atoms with Crippen molar-refractivity contribution in [3.05, 3.63) is 89.5 Å². The molecule has 9 N–H and O–H groups in total. The lowest BCUT2D eigenvalue weighted by Crippen LogP contribution is -2.19. The molecule has 5 aromatic rings. The van der Waals surface area contributed by atoms with E-state index in [1.54, 1.807) is 48.5 Å². The molecule has 48 heavy (non-hydrogen) atoms. The molecule has 0 aliphatic heterocycles. The molecule has 0 fully saturated rings. The van der Waals surface area contributed by atoms with E-state index in [0.29, 0.717) is 68.1 Å². The number of benzene rings is 3. The molecule has 0 aliphatic rings. The van der Waals surface area contributed by atoms with Gasteiger partial charge in [-0.15, -0.1) is 0 Å². The van der Waals surface area contributed by atoms with Gasteiger partial charge in [-0.25, -0.2) is 4.79 Å². The maximum atomic E-state index is 12.3. The fourth-order valence-electron chi connectivity index (χ4n) is 4.45. The molecular formula is C32H36N12O4. The highest BCUT2D eigenvalue weighted by Crippen LogP contribution is 2.21. The zero-order valence-corrected chi connectivity index (χ0v) is 26.1. The zero-order chi connectivity index (χ0) is 33.7. The van der Waals surface area contributed by atoms with Crippen molar-refractivity contribution >= 4 is 47.3 Å². The number of nitrogens with one attached hydrogen (secondary N) is 5. The van der Waals surface area contributed by atoms with E-state index in [1.165, 1.54) is 7.11 Å². The number of hydrogen-bond donors (Lipinski definition) is 8. The molecule has 0 saturated carbocycles. The molecule has 16 heteroatoms. The number of methoxy groups -OCH3 is 1. The van der Waals surface area contributed by atoms with Crippen LogP contribution in [0.2, 0.25) is 0 Å². The van der Waals surface area contributed by atoms with E-state index >= 15 is 0 Å². The van der Waals surface area contributed by atoms with Crippen LogP contribution in [0.15, 0.2) is 72.8 Å². The first-order valence-corrected chi connectivity index (χ1v) is 15.1.